The maximum absolute atomic E-state index is 10.8. The molecule has 0 radical (unpaired) electrons. The molecular weight excluding hydrogens is 249 g/mol. The van der Waals surface area contributed by atoms with E-state index in [1.807, 2.05) is 13.8 Å². The summed E-state index contributed by atoms with van der Waals surface area (Å²) < 4.78 is 0. The van der Waals surface area contributed by atoms with Crippen LogP contribution in [0.1, 0.15) is 19.4 Å². The zero-order chi connectivity index (χ0) is 12.3. The van der Waals surface area contributed by atoms with Gasteiger partial charge in [-0.2, -0.15) is 0 Å². The van der Waals surface area contributed by atoms with Crippen LogP contribution in [-0.2, 0) is 6.42 Å². The number of halogens is 2. The highest BCUT2D eigenvalue weighted by molar-refractivity contribution is 6.30. The van der Waals surface area contributed by atoms with Gasteiger partial charge in [0.25, 0.3) is 5.69 Å². The van der Waals surface area contributed by atoms with Crippen LogP contribution in [0.5, 0.6) is 0 Å². The lowest BCUT2D eigenvalue weighted by Gasteiger charge is -2.13. The van der Waals surface area contributed by atoms with Gasteiger partial charge in [0.15, 0.2) is 0 Å². The van der Waals surface area contributed by atoms with E-state index in [2.05, 4.69) is 0 Å². The molecule has 0 aliphatic carbocycles. The number of benzene rings is 1. The molecule has 0 saturated heterocycles. The molecular formula is C11H13Cl2NO2. The first-order valence-electron chi connectivity index (χ1n) is 4.98. The Morgan fingerprint density at radius 2 is 2.06 bits per heavy atom. The zero-order valence-electron chi connectivity index (χ0n) is 9.11. The molecule has 0 amide bonds. The van der Waals surface area contributed by atoms with E-state index < -0.39 is 4.92 Å². The lowest BCUT2D eigenvalue weighted by atomic mass is 10.0. The molecule has 1 rings (SSSR count). The van der Waals surface area contributed by atoms with Gasteiger partial charge in [0, 0.05) is 22.0 Å². The van der Waals surface area contributed by atoms with Crippen molar-refractivity contribution in [3.05, 3.63) is 38.9 Å². The van der Waals surface area contributed by atoms with Gasteiger partial charge < -0.3 is 0 Å². The van der Waals surface area contributed by atoms with Gasteiger partial charge in [-0.25, -0.2) is 0 Å². The van der Waals surface area contributed by atoms with Crippen molar-refractivity contribution >= 4 is 28.9 Å². The third kappa shape index (κ3) is 3.35. The number of nitro benzene ring substituents is 1. The predicted octanol–water partition coefficient (Wildman–Crippen LogP) is 4.05. The van der Waals surface area contributed by atoms with Gasteiger partial charge in [-0.05, 0) is 18.4 Å². The van der Waals surface area contributed by atoms with Crippen molar-refractivity contribution in [2.24, 2.45) is 5.92 Å². The number of alkyl halides is 1. The molecule has 3 nitrogen and oxygen atoms in total. The Morgan fingerprint density at radius 3 is 2.56 bits per heavy atom. The molecule has 0 aliphatic rings. The molecule has 0 saturated carbocycles. The summed E-state index contributed by atoms with van der Waals surface area (Å²) in [6, 6.07) is 4.67. The molecule has 0 spiro atoms. The van der Waals surface area contributed by atoms with Crippen molar-refractivity contribution in [1.29, 1.82) is 0 Å². The first-order valence-corrected chi connectivity index (χ1v) is 5.80. The number of rotatable bonds is 4. The van der Waals surface area contributed by atoms with Crippen molar-refractivity contribution in [2.75, 3.05) is 0 Å². The van der Waals surface area contributed by atoms with E-state index in [4.69, 9.17) is 23.2 Å². The number of nitro groups is 1. The van der Waals surface area contributed by atoms with Crippen molar-refractivity contribution < 1.29 is 4.92 Å². The van der Waals surface area contributed by atoms with E-state index in [1.54, 1.807) is 12.1 Å². The van der Waals surface area contributed by atoms with E-state index in [0.717, 1.165) is 0 Å². The summed E-state index contributed by atoms with van der Waals surface area (Å²) in [4.78, 5) is 10.4. The van der Waals surface area contributed by atoms with E-state index in [0.29, 0.717) is 17.0 Å². The molecule has 0 aromatic heterocycles. The molecule has 5 heteroatoms. The van der Waals surface area contributed by atoms with Gasteiger partial charge >= 0.3 is 0 Å². The van der Waals surface area contributed by atoms with Gasteiger partial charge in [0.05, 0.1) is 4.92 Å². The summed E-state index contributed by atoms with van der Waals surface area (Å²) in [5.74, 6) is 0.275. The van der Waals surface area contributed by atoms with Crippen LogP contribution in [0.15, 0.2) is 18.2 Å². The van der Waals surface area contributed by atoms with E-state index >= 15 is 0 Å². The lowest BCUT2D eigenvalue weighted by molar-refractivity contribution is -0.385. The second kappa shape index (κ2) is 5.51. The SMILES string of the molecule is CC(C)C(Cl)Cc1ccc(Cl)cc1[N+](=O)[O-]. The fourth-order valence-corrected chi connectivity index (χ4v) is 1.66. The van der Waals surface area contributed by atoms with Crippen molar-refractivity contribution in [3.63, 3.8) is 0 Å². The maximum Gasteiger partial charge on any atom is 0.274 e. The number of nitrogens with zero attached hydrogens (tertiary/aromatic N) is 1. The molecule has 1 aromatic rings. The Bertz CT molecular complexity index is 394. The minimum absolute atomic E-state index is 0.0406. The van der Waals surface area contributed by atoms with Gasteiger partial charge in [-0.15, -0.1) is 11.6 Å². The Balaban J connectivity index is 2.99. The maximum atomic E-state index is 10.8. The van der Waals surface area contributed by atoms with Crippen LogP contribution in [0.2, 0.25) is 5.02 Å². The summed E-state index contributed by atoms with van der Waals surface area (Å²) in [5.41, 5.74) is 0.668. The molecule has 0 fully saturated rings. The normalized spacial score (nSPS) is 12.8. The highest BCUT2D eigenvalue weighted by atomic mass is 35.5. The minimum Gasteiger partial charge on any atom is -0.258 e. The fraction of sp³-hybridized carbons (Fsp3) is 0.455. The highest BCUT2D eigenvalue weighted by Gasteiger charge is 2.18. The summed E-state index contributed by atoms with van der Waals surface area (Å²) in [6.45, 7) is 3.97. The zero-order valence-corrected chi connectivity index (χ0v) is 10.6. The number of hydrogen-bond acceptors (Lipinski definition) is 2. The Morgan fingerprint density at radius 1 is 1.44 bits per heavy atom. The smallest absolute Gasteiger partial charge is 0.258 e. The first kappa shape index (κ1) is 13.3. The highest BCUT2D eigenvalue weighted by Crippen LogP contribution is 2.26. The van der Waals surface area contributed by atoms with Crippen molar-refractivity contribution in [3.8, 4) is 0 Å². The Labute approximate surface area is 105 Å². The second-order valence-corrected chi connectivity index (χ2v) is 4.99. The Hall–Kier alpha value is -0.800. The molecule has 0 heterocycles. The number of hydrogen-bond donors (Lipinski definition) is 0. The summed E-state index contributed by atoms with van der Waals surface area (Å²) in [5, 5.41) is 11.1. The van der Waals surface area contributed by atoms with Crippen LogP contribution in [-0.4, -0.2) is 10.3 Å². The summed E-state index contributed by atoms with van der Waals surface area (Å²) >= 11 is 11.8. The quantitative estimate of drug-likeness (QED) is 0.466. The van der Waals surface area contributed by atoms with E-state index in [-0.39, 0.29) is 17.0 Å². The van der Waals surface area contributed by atoms with Gasteiger partial charge in [0.2, 0.25) is 0 Å². The van der Waals surface area contributed by atoms with Crippen LogP contribution >= 0.6 is 23.2 Å². The van der Waals surface area contributed by atoms with Crippen LogP contribution in [0.4, 0.5) is 5.69 Å². The molecule has 1 atom stereocenters. The molecule has 0 bridgehead atoms. The topological polar surface area (TPSA) is 43.1 Å². The second-order valence-electron chi connectivity index (χ2n) is 3.99. The third-order valence-electron chi connectivity index (χ3n) is 2.38. The predicted molar refractivity (Wildman–Crippen MR) is 66.3 cm³/mol. The molecule has 1 aromatic carbocycles. The van der Waals surface area contributed by atoms with Gasteiger partial charge in [0.1, 0.15) is 0 Å². The molecule has 1 unspecified atom stereocenters. The van der Waals surface area contributed by atoms with Crippen LogP contribution < -0.4 is 0 Å². The molecule has 16 heavy (non-hydrogen) atoms. The van der Waals surface area contributed by atoms with Crippen molar-refractivity contribution in [2.45, 2.75) is 25.6 Å². The van der Waals surface area contributed by atoms with Crippen LogP contribution in [0.25, 0.3) is 0 Å². The monoisotopic (exact) mass is 261 g/mol. The Kier molecular flexibility index (Phi) is 4.56. The fourth-order valence-electron chi connectivity index (χ4n) is 1.33. The minimum atomic E-state index is -0.425. The van der Waals surface area contributed by atoms with E-state index in [9.17, 15) is 10.1 Å². The van der Waals surface area contributed by atoms with Crippen LogP contribution in [0.3, 0.4) is 0 Å². The van der Waals surface area contributed by atoms with Crippen LogP contribution in [0, 0.1) is 16.0 Å². The van der Waals surface area contributed by atoms with E-state index in [1.165, 1.54) is 6.07 Å². The van der Waals surface area contributed by atoms with Gasteiger partial charge in [-0.1, -0.05) is 31.5 Å². The average Bonchev–Trinajstić information content (AvgIpc) is 2.20. The summed E-state index contributed by atoms with van der Waals surface area (Å²) in [7, 11) is 0. The molecule has 88 valence electrons. The average molecular weight is 262 g/mol. The third-order valence-corrected chi connectivity index (χ3v) is 3.28. The largest absolute Gasteiger partial charge is 0.274 e. The summed E-state index contributed by atoms with van der Waals surface area (Å²) in [6.07, 6.45) is 0.479. The van der Waals surface area contributed by atoms with Gasteiger partial charge in [-0.3, -0.25) is 10.1 Å². The standard InChI is InChI=1S/C11H13Cl2NO2/c1-7(2)10(13)5-8-3-4-9(12)6-11(8)14(15)16/h3-4,6-7,10H,5H2,1-2H3. The first-order chi connectivity index (χ1) is 7.41. The molecule has 0 aliphatic heterocycles. The lowest BCUT2D eigenvalue weighted by Crippen LogP contribution is -2.12. The molecule has 0 N–H and O–H groups in total. The van der Waals surface area contributed by atoms with Crippen molar-refractivity contribution in [1.82, 2.24) is 0 Å².